The Kier molecular flexibility index (Phi) is 5.74. The zero-order valence-corrected chi connectivity index (χ0v) is 13.0. The van der Waals surface area contributed by atoms with Crippen LogP contribution in [0.4, 0.5) is 5.69 Å². The highest BCUT2D eigenvalue weighted by molar-refractivity contribution is 9.10. The van der Waals surface area contributed by atoms with Gasteiger partial charge in [-0.25, -0.2) is 0 Å². The molecule has 2 aromatic carbocycles. The summed E-state index contributed by atoms with van der Waals surface area (Å²) < 4.78 is 12.1. The molecule has 0 fully saturated rings. The van der Waals surface area contributed by atoms with E-state index in [1.807, 2.05) is 55.5 Å². The summed E-state index contributed by atoms with van der Waals surface area (Å²) in [5.41, 5.74) is 1.04. The lowest BCUT2D eigenvalue weighted by Gasteiger charge is -2.10. The minimum absolute atomic E-state index is 0.606. The normalized spacial score (nSPS) is 10.1. The first-order valence-electron chi connectivity index (χ1n) is 6.63. The monoisotopic (exact) mass is 335 g/mol. The van der Waals surface area contributed by atoms with Gasteiger partial charge in [0.25, 0.3) is 0 Å². The first kappa shape index (κ1) is 14.7. The van der Waals surface area contributed by atoms with Gasteiger partial charge in [0.15, 0.2) is 0 Å². The van der Waals surface area contributed by atoms with Crippen molar-refractivity contribution < 1.29 is 9.47 Å². The number of hydrogen-bond donors (Lipinski definition) is 1. The van der Waals surface area contributed by atoms with Crippen molar-refractivity contribution in [2.75, 3.05) is 25.1 Å². The van der Waals surface area contributed by atoms with Gasteiger partial charge in [-0.15, -0.1) is 0 Å². The van der Waals surface area contributed by atoms with E-state index in [0.29, 0.717) is 13.2 Å². The first-order valence-corrected chi connectivity index (χ1v) is 7.42. The number of benzene rings is 2. The van der Waals surface area contributed by atoms with E-state index in [0.717, 1.165) is 28.2 Å². The largest absolute Gasteiger partial charge is 0.494 e. The molecule has 0 spiro atoms. The Hall–Kier alpha value is -1.68. The number of halogens is 1. The Morgan fingerprint density at radius 3 is 2.50 bits per heavy atom. The van der Waals surface area contributed by atoms with Crippen LogP contribution in [-0.2, 0) is 0 Å². The van der Waals surface area contributed by atoms with Crippen molar-refractivity contribution in [1.82, 2.24) is 0 Å². The maximum Gasteiger partial charge on any atom is 0.121 e. The molecular weight excluding hydrogens is 318 g/mol. The van der Waals surface area contributed by atoms with Crippen LogP contribution in [-0.4, -0.2) is 19.8 Å². The summed E-state index contributed by atoms with van der Waals surface area (Å²) in [7, 11) is 0. The fraction of sp³-hybridized carbons (Fsp3) is 0.250. The smallest absolute Gasteiger partial charge is 0.121 e. The minimum atomic E-state index is 0.606. The highest BCUT2D eigenvalue weighted by Crippen LogP contribution is 2.18. The lowest BCUT2D eigenvalue weighted by Crippen LogP contribution is -2.11. The quantitative estimate of drug-likeness (QED) is 0.763. The highest BCUT2D eigenvalue weighted by atomic mass is 79.9. The third kappa shape index (κ3) is 4.78. The van der Waals surface area contributed by atoms with Crippen LogP contribution in [0.5, 0.6) is 11.5 Å². The number of ether oxygens (including phenoxy) is 2. The zero-order valence-electron chi connectivity index (χ0n) is 11.4. The van der Waals surface area contributed by atoms with E-state index in [1.165, 1.54) is 0 Å². The Morgan fingerprint density at radius 2 is 1.75 bits per heavy atom. The van der Waals surface area contributed by atoms with Gasteiger partial charge in [0.05, 0.1) is 6.61 Å². The van der Waals surface area contributed by atoms with E-state index < -0.39 is 0 Å². The molecule has 0 saturated heterocycles. The Labute approximate surface area is 128 Å². The van der Waals surface area contributed by atoms with Crippen LogP contribution in [0.25, 0.3) is 0 Å². The third-order valence-corrected chi connectivity index (χ3v) is 3.13. The van der Waals surface area contributed by atoms with Crippen LogP contribution in [0.15, 0.2) is 53.0 Å². The predicted octanol–water partition coefficient (Wildman–Crippen LogP) is 4.34. The summed E-state index contributed by atoms with van der Waals surface area (Å²) in [5, 5.41) is 3.31. The fourth-order valence-electron chi connectivity index (χ4n) is 1.78. The molecule has 20 heavy (non-hydrogen) atoms. The van der Waals surface area contributed by atoms with Crippen molar-refractivity contribution in [3.63, 3.8) is 0 Å². The number of rotatable bonds is 7. The average molecular weight is 336 g/mol. The molecule has 0 aromatic heterocycles. The van der Waals surface area contributed by atoms with E-state index >= 15 is 0 Å². The molecule has 0 aliphatic carbocycles. The van der Waals surface area contributed by atoms with E-state index in [1.54, 1.807) is 0 Å². The number of hydrogen-bond acceptors (Lipinski definition) is 3. The summed E-state index contributed by atoms with van der Waals surface area (Å²) in [6, 6.07) is 15.8. The second-order valence-electron chi connectivity index (χ2n) is 4.19. The van der Waals surface area contributed by atoms with Gasteiger partial charge in [-0.3, -0.25) is 0 Å². The standard InChI is InChI=1S/C16H18BrNO2/c1-2-19-16-8-4-6-14(12-16)18-9-10-20-15-7-3-5-13(17)11-15/h3-8,11-12,18H,2,9-10H2,1H3. The maximum absolute atomic E-state index is 5.66. The molecule has 4 heteroatoms. The van der Waals surface area contributed by atoms with Crippen molar-refractivity contribution >= 4 is 21.6 Å². The molecular formula is C16H18BrNO2. The van der Waals surface area contributed by atoms with Crippen molar-refractivity contribution in [3.05, 3.63) is 53.0 Å². The van der Waals surface area contributed by atoms with Gasteiger partial charge in [0.2, 0.25) is 0 Å². The van der Waals surface area contributed by atoms with Gasteiger partial charge < -0.3 is 14.8 Å². The van der Waals surface area contributed by atoms with Gasteiger partial charge in [-0.2, -0.15) is 0 Å². The first-order chi connectivity index (χ1) is 9.78. The van der Waals surface area contributed by atoms with Gasteiger partial charge in [0, 0.05) is 22.8 Å². The molecule has 1 N–H and O–H groups in total. The summed E-state index contributed by atoms with van der Waals surface area (Å²) in [4.78, 5) is 0. The Morgan fingerprint density at radius 1 is 1.00 bits per heavy atom. The van der Waals surface area contributed by atoms with Gasteiger partial charge in [0.1, 0.15) is 18.1 Å². The summed E-state index contributed by atoms with van der Waals surface area (Å²) >= 11 is 3.42. The SMILES string of the molecule is CCOc1cccc(NCCOc2cccc(Br)c2)c1. The molecule has 0 radical (unpaired) electrons. The number of nitrogens with one attached hydrogen (secondary N) is 1. The lowest BCUT2D eigenvalue weighted by molar-refractivity contribution is 0.332. The van der Waals surface area contributed by atoms with E-state index in [4.69, 9.17) is 9.47 Å². The molecule has 0 aliphatic rings. The van der Waals surface area contributed by atoms with E-state index in [-0.39, 0.29) is 0 Å². The van der Waals surface area contributed by atoms with Crippen molar-refractivity contribution in [2.45, 2.75) is 6.92 Å². The molecule has 106 valence electrons. The maximum atomic E-state index is 5.66. The lowest BCUT2D eigenvalue weighted by atomic mass is 10.3. The molecule has 0 heterocycles. The molecule has 0 aliphatic heterocycles. The van der Waals surface area contributed by atoms with Gasteiger partial charge >= 0.3 is 0 Å². The highest BCUT2D eigenvalue weighted by Gasteiger charge is 1.97. The van der Waals surface area contributed by atoms with Gasteiger partial charge in [-0.05, 0) is 37.3 Å². The predicted molar refractivity (Wildman–Crippen MR) is 85.7 cm³/mol. The molecule has 0 amide bonds. The molecule has 0 unspecified atom stereocenters. The topological polar surface area (TPSA) is 30.5 Å². The Balaban J connectivity index is 1.77. The molecule has 2 rings (SSSR count). The summed E-state index contributed by atoms with van der Waals surface area (Å²) in [6.45, 7) is 4.00. The van der Waals surface area contributed by atoms with Crippen LogP contribution in [0.2, 0.25) is 0 Å². The van der Waals surface area contributed by atoms with Crippen LogP contribution < -0.4 is 14.8 Å². The molecule has 3 nitrogen and oxygen atoms in total. The molecule has 0 saturated carbocycles. The second-order valence-corrected chi connectivity index (χ2v) is 5.11. The summed E-state index contributed by atoms with van der Waals surface area (Å²) in [5.74, 6) is 1.75. The molecule has 2 aromatic rings. The average Bonchev–Trinajstić information content (AvgIpc) is 2.45. The zero-order chi connectivity index (χ0) is 14.2. The van der Waals surface area contributed by atoms with Crippen molar-refractivity contribution in [2.24, 2.45) is 0 Å². The molecule has 0 atom stereocenters. The second kappa shape index (κ2) is 7.80. The minimum Gasteiger partial charge on any atom is -0.494 e. The van der Waals surface area contributed by atoms with Gasteiger partial charge in [-0.1, -0.05) is 28.1 Å². The van der Waals surface area contributed by atoms with E-state index in [2.05, 4.69) is 21.2 Å². The van der Waals surface area contributed by atoms with Crippen LogP contribution in [0.1, 0.15) is 6.92 Å². The van der Waals surface area contributed by atoms with Crippen LogP contribution >= 0.6 is 15.9 Å². The Bertz CT molecular complexity index is 546. The number of anilines is 1. The molecule has 0 bridgehead atoms. The van der Waals surface area contributed by atoms with Crippen molar-refractivity contribution in [3.8, 4) is 11.5 Å². The fourth-order valence-corrected chi connectivity index (χ4v) is 2.16. The third-order valence-electron chi connectivity index (χ3n) is 2.64. The van der Waals surface area contributed by atoms with E-state index in [9.17, 15) is 0 Å². The summed E-state index contributed by atoms with van der Waals surface area (Å²) in [6.07, 6.45) is 0. The van der Waals surface area contributed by atoms with Crippen molar-refractivity contribution in [1.29, 1.82) is 0 Å². The van der Waals surface area contributed by atoms with Crippen LogP contribution in [0.3, 0.4) is 0 Å². The van der Waals surface area contributed by atoms with Crippen LogP contribution in [0, 0.1) is 0 Å².